The highest BCUT2D eigenvalue weighted by Crippen LogP contribution is 2.35. The van der Waals surface area contributed by atoms with Gasteiger partial charge < -0.3 is 18.9 Å². The van der Waals surface area contributed by atoms with E-state index in [9.17, 15) is 23.2 Å². The van der Waals surface area contributed by atoms with E-state index >= 15 is 0 Å². The second-order valence-corrected chi connectivity index (χ2v) is 6.93. The molecular formula is C18H17ClF2N2O7. The van der Waals surface area contributed by atoms with Gasteiger partial charge in [0, 0.05) is 20.8 Å². The smallest absolute Gasteiger partial charge is 0.303 e. The summed E-state index contributed by atoms with van der Waals surface area (Å²) in [5.74, 6) is -4.77. The Morgan fingerprint density at radius 2 is 1.67 bits per heavy atom. The monoisotopic (exact) mass is 446 g/mol. The van der Waals surface area contributed by atoms with Crippen molar-refractivity contribution in [1.82, 2.24) is 9.55 Å². The van der Waals surface area contributed by atoms with E-state index in [0.29, 0.717) is 0 Å². The number of aromatic nitrogens is 2. The molecule has 1 aromatic carbocycles. The number of carbonyl (C=O) groups excluding carboxylic acids is 3. The van der Waals surface area contributed by atoms with Crippen molar-refractivity contribution in [2.45, 2.75) is 45.3 Å². The summed E-state index contributed by atoms with van der Waals surface area (Å²) in [4.78, 5) is 38.8. The number of hydrogen-bond donors (Lipinski definition) is 0. The third-order valence-electron chi connectivity index (χ3n) is 4.29. The summed E-state index contributed by atoms with van der Waals surface area (Å²) in [7, 11) is 0. The summed E-state index contributed by atoms with van der Waals surface area (Å²) < 4.78 is 51.0. The molecule has 2 aromatic rings. The van der Waals surface area contributed by atoms with E-state index in [0.717, 1.165) is 37.7 Å². The second-order valence-electron chi connectivity index (χ2n) is 6.53. The van der Waals surface area contributed by atoms with E-state index in [1.165, 1.54) is 0 Å². The molecule has 162 valence electrons. The summed E-state index contributed by atoms with van der Waals surface area (Å²) in [5, 5.41) is -0.459. The molecule has 0 N–H and O–H groups in total. The van der Waals surface area contributed by atoms with Gasteiger partial charge in [-0.25, -0.2) is 13.8 Å². The number of ether oxygens (including phenoxy) is 4. The van der Waals surface area contributed by atoms with Crippen molar-refractivity contribution in [3.05, 3.63) is 29.1 Å². The van der Waals surface area contributed by atoms with Crippen LogP contribution in [0.4, 0.5) is 8.78 Å². The predicted octanol–water partition coefficient (Wildman–Crippen LogP) is 2.29. The van der Waals surface area contributed by atoms with E-state index in [-0.39, 0.29) is 17.6 Å². The molecule has 1 saturated heterocycles. The lowest BCUT2D eigenvalue weighted by Crippen LogP contribution is -2.55. The fourth-order valence-electron chi connectivity index (χ4n) is 3.25. The molecule has 2 heterocycles. The minimum absolute atomic E-state index is 0.0234. The normalized spacial score (nSPS) is 23.8. The Morgan fingerprint density at radius 1 is 1.07 bits per heavy atom. The molecule has 0 amide bonds. The van der Waals surface area contributed by atoms with Gasteiger partial charge in [-0.1, -0.05) is 11.6 Å². The lowest BCUT2D eigenvalue weighted by molar-refractivity contribution is -0.239. The highest BCUT2D eigenvalue weighted by Gasteiger charge is 2.48. The van der Waals surface area contributed by atoms with Gasteiger partial charge in [0.25, 0.3) is 0 Å². The maximum absolute atomic E-state index is 14.6. The van der Waals surface area contributed by atoms with Crippen molar-refractivity contribution in [3.8, 4) is 0 Å². The number of hydrogen-bond acceptors (Lipinski definition) is 8. The van der Waals surface area contributed by atoms with Crippen LogP contribution in [0.3, 0.4) is 0 Å². The van der Waals surface area contributed by atoms with E-state index in [1.54, 1.807) is 0 Å². The molecule has 3 rings (SSSR count). The van der Waals surface area contributed by atoms with E-state index in [1.807, 2.05) is 0 Å². The van der Waals surface area contributed by atoms with Crippen LogP contribution in [-0.4, -0.2) is 52.4 Å². The van der Waals surface area contributed by atoms with Crippen molar-refractivity contribution in [3.63, 3.8) is 0 Å². The molecule has 1 aliphatic heterocycles. The van der Waals surface area contributed by atoms with Crippen LogP contribution in [0.1, 0.15) is 27.0 Å². The number of nitrogens with zero attached hydrogens (tertiary/aromatic N) is 2. The zero-order chi connectivity index (χ0) is 22.2. The number of benzene rings is 1. The Balaban J connectivity index is 2.10. The standard InChI is InChI=1S/C18H17ClF2N2O7/c1-7(24)28-12-5-27-18(17(30-9(3)26)16(12)29-8(2)25)23-6-22-11-4-10(19)13(20)14(21)15(11)23/h4,6,12,16-18H,5H2,1-3H3/t12-,16-,17-,18-/m1/s1. The molecule has 0 radical (unpaired) electrons. The topological polar surface area (TPSA) is 106 Å². The maximum Gasteiger partial charge on any atom is 0.303 e. The molecule has 12 heteroatoms. The molecular weight excluding hydrogens is 430 g/mol. The number of fused-ring (bicyclic) bond motifs is 1. The zero-order valence-electron chi connectivity index (χ0n) is 16.1. The first kappa shape index (κ1) is 21.9. The molecule has 1 aromatic heterocycles. The van der Waals surface area contributed by atoms with Crippen LogP contribution in [0.25, 0.3) is 11.0 Å². The van der Waals surface area contributed by atoms with E-state index in [4.69, 9.17) is 30.5 Å². The molecule has 30 heavy (non-hydrogen) atoms. The van der Waals surface area contributed by atoms with Gasteiger partial charge in [0.05, 0.1) is 23.5 Å². The van der Waals surface area contributed by atoms with E-state index < -0.39 is 59.1 Å². The number of carbonyl (C=O) groups is 3. The predicted molar refractivity (Wildman–Crippen MR) is 96.3 cm³/mol. The SMILES string of the molecule is CC(=O)O[C@@H]1[C@H](OC(C)=O)[C@H](OC(C)=O)CO[C@H]1n1cnc2cc(Cl)c(F)c(F)c21. The van der Waals surface area contributed by atoms with Crippen molar-refractivity contribution >= 4 is 40.5 Å². The van der Waals surface area contributed by atoms with Crippen LogP contribution < -0.4 is 0 Å². The van der Waals surface area contributed by atoms with Gasteiger partial charge in [-0.05, 0) is 6.07 Å². The molecule has 0 saturated carbocycles. The van der Waals surface area contributed by atoms with Crippen LogP contribution in [-0.2, 0) is 33.3 Å². The van der Waals surface area contributed by atoms with Crippen molar-refractivity contribution in [2.24, 2.45) is 0 Å². The van der Waals surface area contributed by atoms with Crippen LogP contribution in [0.15, 0.2) is 12.4 Å². The average Bonchev–Trinajstić information content (AvgIpc) is 3.05. The summed E-state index contributed by atoms with van der Waals surface area (Å²) in [6.45, 7) is 3.08. The summed E-state index contributed by atoms with van der Waals surface area (Å²) in [6, 6.07) is 1.13. The molecule has 0 spiro atoms. The number of halogens is 3. The van der Waals surface area contributed by atoms with Gasteiger partial charge in [0.1, 0.15) is 5.52 Å². The summed E-state index contributed by atoms with van der Waals surface area (Å²) in [6.07, 6.45) is -3.86. The van der Waals surface area contributed by atoms with Crippen molar-refractivity contribution < 1.29 is 42.1 Å². The molecule has 4 atom stereocenters. The first-order valence-electron chi connectivity index (χ1n) is 8.73. The highest BCUT2D eigenvalue weighted by atomic mass is 35.5. The third-order valence-corrected chi connectivity index (χ3v) is 4.57. The maximum atomic E-state index is 14.6. The Hall–Kier alpha value is -2.79. The number of esters is 3. The Morgan fingerprint density at radius 3 is 2.27 bits per heavy atom. The molecule has 0 unspecified atom stereocenters. The second kappa shape index (κ2) is 8.52. The minimum Gasteiger partial charge on any atom is -0.456 e. The van der Waals surface area contributed by atoms with Gasteiger partial charge in [-0.3, -0.25) is 19.0 Å². The first-order valence-corrected chi connectivity index (χ1v) is 9.11. The lowest BCUT2D eigenvalue weighted by atomic mass is 10.0. The van der Waals surface area contributed by atoms with Crippen LogP contribution >= 0.6 is 11.6 Å². The van der Waals surface area contributed by atoms with Gasteiger partial charge in [0.15, 0.2) is 36.2 Å². The first-order chi connectivity index (χ1) is 14.1. The molecule has 1 aliphatic rings. The zero-order valence-corrected chi connectivity index (χ0v) is 16.8. The Labute approximate surface area is 173 Å². The number of rotatable bonds is 4. The van der Waals surface area contributed by atoms with Crippen molar-refractivity contribution in [1.29, 1.82) is 0 Å². The fourth-order valence-corrected chi connectivity index (χ4v) is 3.44. The Kier molecular flexibility index (Phi) is 6.22. The summed E-state index contributed by atoms with van der Waals surface area (Å²) in [5.41, 5.74) is -0.276. The average molecular weight is 447 g/mol. The molecule has 9 nitrogen and oxygen atoms in total. The fraction of sp³-hybridized carbons (Fsp3) is 0.444. The third kappa shape index (κ3) is 4.21. The van der Waals surface area contributed by atoms with Crippen LogP contribution in [0.2, 0.25) is 5.02 Å². The molecule has 0 aliphatic carbocycles. The largest absolute Gasteiger partial charge is 0.456 e. The van der Waals surface area contributed by atoms with Gasteiger partial charge >= 0.3 is 17.9 Å². The van der Waals surface area contributed by atoms with Crippen LogP contribution in [0.5, 0.6) is 0 Å². The van der Waals surface area contributed by atoms with Gasteiger partial charge in [-0.2, -0.15) is 0 Å². The van der Waals surface area contributed by atoms with Gasteiger partial charge in [-0.15, -0.1) is 0 Å². The number of imidazole rings is 1. The van der Waals surface area contributed by atoms with Crippen molar-refractivity contribution in [2.75, 3.05) is 6.61 Å². The lowest BCUT2D eigenvalue weighted by Gasteiger charge is -2.40. The quantitative estimate of drug-likeness (QED) is 0.400. The Bertz CT molecular complexity index is 1010. The minimum atomic E-state index is -1.36. The highest BCUT2D eigenvalue weighted by molar-refractivity contribution is 6.31. The summed E-state index contributed by atoms with van der Waals surface area (Å²) >= 11 is 5.66. The van der Waals surface area contributed by atoms with Crippen LogP contribution in [0, 0.1) is 11.6 Å². The molecule has 1 fully saturated rings. The van der Waals surface area contributed by atoms with Gasteiger partial charge in [0.2, 0.25) is 0 Å². The van der Waals surface area contributed by atoms with E-state index in [2.05, 4.69) is 4.98 Å². The molecule has 0 bridgehead atoms.